The van der Waals surface area contributed by atoms with Crippen molar-refractivity contribution in [2.75, 3.05) is 0 Å². The summed E-state index contributed by atoms with van der Waals surface area (Å²) in [5, 5.41) is 0. The number of para-hydroxylation sites is 8. The van der Waals surface area contributed by atoms with Gasteiger partial charge in [-0.3, -0.25) is 8.80 Å². The summed E-state index contributed by atoms with van der Waals surface area (Å²) in [5.41, 5.74) is 11.0. The van der Waals surface area contributed by atoms with Crippen LogP contribution in [0.5, 0.6) is 34.5 Å². The van der Waals surface area contributed by atoms with Gasteiger partial charge in [-0.2, -0.15) is 15.0 Å². The first-order valence-electron chi connectivity index (χ1n) is 19.7. The molecule has 0 amide bonds. The molecule has 60 heavy (non-hydrogen) atoms. The van der Waals surface area contributed by atoms with Gasteiger partial charge in [0.2, 0.25) is 23.5 Å². The molecule has 0 atom stereocenters. The minimum atomic E-state index is -0.180. The molecule has 13 heteroatoms. The van der Waals surface area contributed by atoms with E-state index in [2.05, 4.69) is 45.2 Å². The van der Waals surface area contributed by atoms with E-state index in [9.17, 15) is 0 Å². The zero-order valence-corrected chi connectivity index (χ0v) is 31.2. The van der Waals surface area contributed by atoms with Crippen molar-refractivity contribution in [3.63, 3.8) is 0 Å². The highest BCUT2D eigenvalue weighted by molar-refractivity contribution is 6.99. The predicted octanol–water partition coefficient (Wildman–Crippen LogP) is 7.86. The maximum absolute atomic E-state index is 6.95. The molecule has 0 bridgehead atoms. The van der Waals surface area contributed by atoms with Gasteiger partial charge in [-0.1, -0.05) is 60.7 Å². The summed E-state index contributed by atoms with van der Waals surface area (Å²) < 4.78 is 28.4. The van der Waals surface area contributed by atoms with Gasteiger partial charge in [0.1, 0.15) is 34.5 Å². The second kappa shape index (κ2) is 10.7. The van der Waals surface area contributed by atoms with Crippen LogP contribution in [-0.4, -0.2) is 49.6 Å². The molecule has 0 saturated heterocycles. The van der Waals surface area contributed by atoms with E-state index in [-0.39, 0.29) is 6.71 Å². The smallest absolute Gasteiger partial charge is 0.270 e. The number of benzene rings is 7. The third-order valence-electron chi connectivity index (χ3n) is 12.2. The van der Waals surface area contributed by atoms with Gasteiger partial charge in [-0.15, -0.1) is 0 Å². The van der Waals surface area contributed by atoms with Crippen molar-refractivity contribution in [2.24, 2.45) is 0 Å². The third-order valence-corrected chi connectivity index (χ3v) is 12.2. The van der Waals surface area contributed by atoms with Gasteiger partial charge in [0.05, 0.1) is 49.7 Å². The molecule has 7 aromatic carbocycles. The van der Waals surface area contributed by atoms with Crippen LogP contribution in [0.2, 0.25) is 0 Å². The van der Waals surface area contributed by atoms with E-state index in [0.717, 1.165) is 77.8 Å². The normalized spacial score (nSPS) is 13.4. The van der Waals surface area contributed by atoms with Crippen LogP contribution in [0.3, 0.4) is 0 Å². The summed E-state index contributed by atoms with van der Waals surface area (Å²) in [4.78, 5) is 26.4. The van der Waals surface area contributed by atoms with Gasteiger partial charge in [-0.05, 0) is 84.9 Å². The Morgan fingerprint density at radius 2 is 0.817 bits per heavy atom. The Morgan fingerprint density at radius 1 is 0.367 bits per heavy atom. The molecule has 0 N–H and O–H groups in total. The second-order valence-corrected chi connectivity index (χ2v) is 15.3. The third kappa shape index (κ3) is 3.75. The first-order valence-corrected chi connectivity index (χ1v) is 19.7. The van der Waals surface area contributed by atoms with Crippen molar-refractivity contribution in [3.05, 3.63) is 146 Å². The average molecular weight is 774 g/mol. The quantitative estimate of drug-likeness (QED) is 0.167. The predicted molar refractivity (Wildman–Crippen MR) is 229 cm³/mol. The molecule has 0 radical (unpaired) electrons. The fourth-order valence-electron chi connectivity index (χ4n) is 9.75. The molecule has 0 spiro atoms. The van der Waals surface area contributed by atoms with E-state index in [0.29, 0.717) is 52.1 Å². The molecule has 12 aromatic rings. The van der Waals surface area contributed by atoms with Crippen LogP contribution >= 0.6 is 0 Å². The Balaban J connectivity index is 1.06. The number of aromatic nitrogens is 9. The molecule has 0 aliphatic carbocycles. The molecule has 0 unspecified atom stereocenters. The number of fused-ring (bicyclic) bond motifs is 10. The maximum Gasteiger partial charge on any atom is 0.270 e. The topological polar surface area (TPSA) is 111 Å². The van der Waals surface area contributed by atoms with Crippen LogP contribution in [0, 0.1) is 0 Å². The number of ether oxygens (including phenoxy) is 3. The van der Waals surface area contributed by atoms with E-state index < -0.39 is 0 Å². The SMILES string of the molecule is c1cc2c3c(c1)Oc1ccc(-c4nc(-n5c6ccccc6n6c7ccccc7nc56)nc(-n5c6ccccc6n6c7ccccc7nc56)n4)c4c1B3c1c(cccc1O4)O2. The van der Waals surface area contributed by atoms with Crippen molar-refractivity contribution in [3.8, 4) is 57.8 Å². The molecule has 3 aliphatic rings. The summed E-state index contributed by atoms with van der Waals surface area (Å²) in [6.45, 7) is -0.180. The van der Waals surface area contributed by atoms with Crippen LogP contribution in [0.25, 0.3) is 79.0 Å². The molecule has 0 fully saturated rings. The van der Waals surface area contributed by atoms with Crippen LogP contribution in [0.15, 0.2) is 146 Å². The highest BCUT2D eigenvalue weighted by atomic mass is 16.5. The van der Waals surface area contributed by atoms with Gasteiger partial charge >= 0.3 is 0 Å². The highest BCUT2D eigenvalue weighted by Gasteiger charge is 2.47. The summed E-state index contributed by atoms with van der Waals surface area (Å²) in [6, 6.07) is 48.6. The first kappa shape index (κ1) is 30.7. The number of imidazole rings is 4. The van der Waals surface area contributed by atoms with Gasteiger partial charge in [0.25, 0.3) is 6.71 Å². The molecule has 15 rings (SSSR count). The molecular weight excluding hydrogens is 749 g/mol. The zero-order valence-electron chi connectivity index (χ0n) is 31.2. The molecule has 0 saturated carbocycles. The van der Waals surface area contributed by atoms with E-state index in [1.54, 1.807) is 0 Å². The van der Waals surface area contributed by atoms with Crippen molar-refractivity contribution in [2.45, 2.75) is 0 Å². The van der Waals surface area contributed by atoms with Gasteiger partial charge in [-0.25, -0.2) is 19.1 Å². The average Bonchev–Trinajstić information content (AvgIpc) is 4.03. The summed E-state index contributed by atoms with van der Waals surface area (Å²) >= 11 is 0. The van der Waals surface area contributed by atoms with E-state index in [4.69, 9.17) is 39.1 Å². The standard InChI is InChI=1S/C47H24BN9O3/c1-3-13-28-26(11-1)49-46-54(28)30-15-5-7-17-32(30)56(46)44-51-43(52-45(53-44)57-33-18-8-6-16-31(33)55-29-14-4-2-12-27(29)50-47(55)57)25-23-24-38-41-42(25)60-37-22-10-21-36-40(37)48(41)39-34(58-36)19-9-20-35(39)59-38/h1-24H. The Kier molecular flexibility index (Phi) is 5.48. The van der Waals surface area contributed by atoms with Crippen LogP contribution in [-0.2, 0) is 0 Å². The highest BCUT2D eigenvalue weighted by Crippen LogP contribution is 2.45. The molecule has 278 valence electrons. The Labute approximate surface area is 338 Å². The van der Waals surface area contributed by atoms with E-state index in [1.165, 1.54) is 0 Å². The Bertz CT molecular complexity index is 3720. The number of hydrogen-bond acceptors (Lipinski definition) is 8. The minimum Gasteiger partial charge on any atom is -0.458 e. The minimum absolute atomic E-state index is 0.180. The van der Waals surface area contributed by atoms with Crippen molar-refractivity contribution >= 4 is 78.8 Å². The first-order chi connectivity index (χ1) is 29.7. The lowest BCUT2D eigenvalue weighted by molar-refractivity contribution is 0.443. The fraction of sp³-hybridized carbons (Fsp3) is 0. The Hall–Kier alpha value is -8.45. The van der Waals surface area contributed by atoms with Crippen molar-refractivity contribution in [1.82, 2.24) is 42.9 Å². The van der Waals surface area contributed by atoms with Gasteiger partial charge in [0.15, 0.2) is 5.82 Å². The van der Waals surface area contributed by atoms with Gasteiger partial charge < -0.3 is 14.2 Å². The van der Waals surface area contributed by atoms with Gasteiger partial charge in [0, 0.05) is 16.4 Å². The lowest BCUT2D eigenvalue weighted by Crippen LogP contribution is -2.59. The molecular formula is C47H24BN9O3. The largest absolute Gasteiger partial charge is 0.458 e. The lowest BCUT2D eigenvalue weighted by Gasteiger charge is -2.37. The molecule has 12 nitrogen and oxygen atoms in total. The second-order valence-electron chi connectivity index (χ2n) is 15.3. The van der Waals surface area contributed by atoms with Crippen molar-refractivity contribution < 1.29 is 14.2 Å². The number of nitrogens with zero attached hydrogens (tertiary/aromatic N) is 9. The van der Waals surface area contributed by atoms with Crippen LogP contribution in [0.4, 0.5) is 0 Å². The summed E-state index contributed by atoms with van der Waals surface area (Å²) in [7, 11) is 0. The molecule has 8 heterocycles. The molecule has 3 aliphatic heterocycles. The van der Waals surface area contributed by atoms with Crippen molar-refractivity contribution in [1.29, 1.82) is 0 Å². The monoisotopic (exact) mass is 773 g/mol. The summed E-state index contributed by atoms with van der Waals surface area (Å²) in [6.07, 6.45) is 0. The van der Waals surface area contributed by atoms with E-state index in [1.807, 2.05) is 118 Å². The zero-order chi connectivity index (χ0) is 38.8. The van der Waals surface area contributed by atoms with Crippen LogP contribution < -0.4 is 30.6 Å². The summed E-state index contributed by atoms with van der Waals surface area (Å²) in [5.74, 6) is 6.90. The lowest BCUT2D eigenvalue weighted by atomic mass is 9.34. The fourth-order valence-corrected chi connectivity index (χ4v) is 9.75. The number of rotatable bonds is 3. The van der Waals surface area contributed by atoms with Crippen LogP contribution in [0.1, 0.15) is 0 Å². The van der Waals surface area contributed by atoms with E-state index >= 15 is 0 Å². The maximum atomic E-state index is 6.95. The Morgan fingerprint density at radius 3 is 1.35 bits per heavy atom. The molecule has 5 aromatic heterocycles. The number of hydrogen-bond donors (Lipinski definition) is 0.